The Balaban J connectivity index is 2.41. The number of hydrogen-bond donors (Lipinski definition) is 0. The highest BCUT2D eigenvalue weighted by Crippen LogP contribution is 2.31. The highest BCUT2D eigenvalue weighted by Gasteiger charge is 2.26. The zero-order valence-electron chi connectivity index (χ0n) is 17.7. The number of benzene rings is 2. The van der Waals surface area contributed by atoms with Gasteiger partial charge in [0.15, 0.2) is 11.5 Å². The van der Waals surface area contributed by atoms with Crippen molar-refractivity contribution in [3.8, 4) is 17.2 Å². The first kappa shape index (κ1) is 24.0. The molecule has 0 aliphatic heterocycles. The van der Waals surface area contributed by atoms with Gasteiger partial charge in [-0.15, -0.1) is 0 Å². The van der Waals surface area contributed by atoms with Crippen LogP contribution in [0.4, 0.5) is 0 Å². The maximum Gasteiger partial charge on any atom is 0.306 e. The molecule has 0 N–H and O–H groups in total. The van der Waals surface area contributed by atoms with Gasteiger partial charge in [0.2, 0.25) is 10.0 Å². The first-order chi connectivity index (χ1) is 14.0. The average molecular weight is 458 g/mol. The molecule has 0 saturated carbocycles. The normalized spacial score (nSPS) is 12.2. The molecule has 0 bridgehead atoms. The van der Waals surface area contributed by atoms with Crippen LogP contribution in [0, 0.1) is 5.92 Å². The minimum absolute atomic E-state index is 0.00356. The van der Waals surface area contributed by atoms with Gasteiger partial charge in [0.25, 0.3) is 0 Å². The molecule has 0 unspecified atom stereocenters. The minimum Gasteiger partial charge on any atom is -0.497 e. The van der Waals surface area contributed by atoms with Crippen LogP contribution < -0.4 is 13.7 Å². The van der Waals surface area contributed by atoms with Gasteiger partial charge in [-0.2, -0.15) is 12.7 Å². The molecule has 0 saturated heterocycles. The fourth-order valence-corrected chi connectivity index (χ4v) is 4.85. The number of hydrogen-bond acceptors (Lipinski definition) is 7. The van der Waals surface area contributed by atoms with E-state index in [1.54, 1.807) is 24.3 Å². The van der Waals surface area contributed by atoms with Crippen LogP contribution in [-0.4, -0.2) is 48.2 Å². The summed E-state index contributed by atoms with van der Waals surface area (Å²) >= 11 is 0. The van der Waals surface area contributed by atoms with Crippen molar-refractivity contribution in [2.45, 2.75) is 25.3 Å². The first-order valence-corrected chi connectivity index (χ1v) is 12.4. The molecule has 0 spiro atoms. The molecule has 2 aromatic rings. The molecule has 0 atom stereocenters. The van der Waals surface area contributed by atoms with E-state index in [1.165, 1.54) is 36.7 Å². The van der Waals surface area contributed by atoms with Gasteiger partial charge < -0.3 is 13.7 Å². The second kappa shape index (κ2) is 9.67. The zero-order valence-corrected chi connectivity index (χ0v) is 19.3. The van der Waals surface area contributed by atoms with Crippen molar-refractivity contribution < 1.29 is 30.5 Å². The van der Waals surface area contributed by atoms with Crippen molar-refractivity contribution in [3.05, 3.63) is 48.0 Å². The van der Waals surface area contributed by atoms with Crippen LogP contribution in [0.15, 0.2) is 47.4 Å². The largest absolute Gasteiger partial charge is 0.497 e. The van der Waals surface area contributed by atoms with Crippen molar-refractivity contribution in [1.82, 2.24) is 4.31 Å². The molecule has 0 amide bonds. The lowest BCUT2D eigenvalue weighted by Gasteiger charge is -2.24. The van der Waals surface area contributed by atoms with Crippen LogP contribution in [0.5, 0.6) is 17.2 Å². The Morgan fingerprint density at radius 3 is 2.03 bits per heavy atom. The van der Waals surface area contributed by atoms with Crippen LogP contribution in [0.25, 0.3) is 0 Å². The fraction of sp³-hybridized carbons (Fsp3) is 0.400. The summed E-state index contributed by atoms with van der Waals surface area (Å²) in [7, 11) is -4.67. The van der Waals surface area contributed by atoms with Crippen molar-refractivity contribution in [2.24, 2.45) is 5.92 Å². The molecule has 2 aromatic carbocycles. The van der Waals surface area contributed by atoms with Crippen LogP contribution in [0.1, 0.15) is 19.4 Å². The third-order valence-corrected chi connectivity index (χ3v) is 6.40. The number of rotatable bonds is 10. The maximum atomic E-state index is 13.2. The van der Waals surface area contributed by atoms with Crippen molar-refractivity contribution >= 4 is 20.1 Å². The van der Waals surface area contributed by atoms with Crippen LogP contribution in [0.2, 0.25) is 0 Å². The Hall–Kier alpha value is -2.30. The summed E-state index contributed by atoms with van der Waals surface area (Å²) in [5.41, 5.74) is 0.562. The molecular formula is C20H27NO7S2. The van der Waals surface area contributed by atoms with E-state index in [0.29, 0.717) is 11.3 Å². The Morgan fingerprint density at radius 1 is 0.900 bits per heavy atom. The topological polar surface area (TPSA) is 99.2 Å². The minimum atomic E-state index is -3.80. The maximum absolute atomic E-state index is 13.2. The molecule has 0 radical (unpaired) electrons. The molecule has 10 heteroatoms. The van der Waals surface area contributed by atoms with Gasteiger partial charge in [-0.05, 0) is 47.9 Å². The van der Waals surface area contributed by atoms with Gasteiger partial charge in [0.1, 0.15) is 5.75 Å². The van der Waals surface area contributed by atoms with Gasteiger partial charge in [-0.3, -0.25) is 0 Å². The van der Waals surface area contributed by atoms with E-state index >= 15 is 0 Å². The first-order valence-electron chi connectivity index (χ1n) is 9.17. The smallest absolute Gasteiger partial charge is 0.306 e. The van der Waals surface area contributed by atoms with Gasteiger partial charge in [0, 0.05) is 13.1 Å². The summed E-state index contributed by atoms with van der Waals surface area (Å²) in [6.45, 7) is 4.16. The van der Waals surface area contributed by atoms with Gasteiger partial charge in [-0.1, -0.05) is 19.9 Å². The summed E-state index contributed by atoms with van der Waals surface area (Å²) < 4.78 is 66.2. The second-order valence-electron chi connectivity index (χ2n) is 7.14. The predicted molar refractivity (Wildman–Crippen MR) is 114 cm³/mol. The van der Waals surface area contributed by atoms with Gasteiger partial charge in [-0.25, -0.2) is 8.42 Å². The van der Waals surface area contributed by atoms with Gasteiger partial charge >= 0.3 is 10.1 Å². The van der Waals surface area contributed by atoms with Crippen LogP contribution in [0.3, 0.4) is 0 Å². The van der Waals surface area contributed by atoms with E-state index in [1.807, 2.05) is 13.8 Å². The number of sulfonamides is 1. The highest BCUT2D eigenvalue weighted by molar-refractivity contribution is 7.89. The summed E-state index contributed by atoms with van der Waals surface area (Å²) in [6, 6.07) is 10.9. The van der Waals surface area contributed by atoms with Crippen molar-refractivity contribution in [2.75, 3.05) is 27.0 Å². The van der Waals surface area contributed by atoms with Gasteiger partial charge in [0.05, 0.1) is 25.4 Å². The fourth-order valence-electron chi connectivity index (χ4n) is 2.80. The average Bonchev–Trinajstić information content (AvgIpc) is 2.66. The van der Waals surface area contributed by atoms with E-state index in [2.05, 4.69) is 0 Å². The van der Waals surface area contributed by atoms with Crippen LogP contribution in [-0.2, 0) is 26.7 Å². The monoisotopic (exact) mass is 457 g/mol. The lowest BCUT2D eigenvalue weighted by Crippen LogP contribution is -2.33. The number of ether oxygens (including phenoxy) is 2. The second-order valence-corrected chi connectivity index (χ2v) is 10.7. The van der Waals surface area contributed by atoms with Crippen molar-refractivity contribution in [3.63, 3.8) is 0 Å². The Bertz CT molecular complexity index is 1060. The van der Waals surface area contributed by atoms with E-state index < -0.39 is 20.1 Å². The summed E-state index contributed by atoms with van der Waals surface area (Å²) in [5.74, 6) is 0.867. The molecule has 0 fully saturated rings. The van der Waals surface area contributed by atoms with E-state index in [9.17, 15) is 16.8 Å². The standard InChI is InChI=1S/C20H27NO7S2/c1-15(2)13-21(30(24,25)18-9-7-17(26-3)8-10-18)14-16-6-11-19(27-4)20(12-16)28-29(5,22)23/h6-12,15H,13-14H2,1-5H3. The molecule has 2 rings (SSSR count). The molecule has 0 aliphatic rings. The SMILES string of the molecule is COc1ccc(S(=O)(=O)N(Cc2ccc(OC)c(OS(C)(=O)=O)c2)CC(C)C)cc1. The zero-order chi connectivity index (χ0) is 22.5. The lowest BCUT2D eigenvalue weighted by molar-refractivity contribution is 0.360. The Labute approximate surface area is 178 Å². The van der Waals surface area contributed by atoms with Crippen molar-refractivity contribution in [1.29, 1.82) is 0 Å². The summed E-state index contributed by atoms with van der Waals surface area (Å²) in [6.07, 6.45) is 0.929. The molecule has 0 heterocycles. The molecule has 30 heavy (non-hydrogen) atoms. The third kappa shape index (κ3) is 6.35. The summed E-state index contributed by atoms with van der Waals surface area (Å²) in [5, 5.41) is 0. The van der Waals surface area contributed by atoms with E-state index in [-0.39, 0.29) is 35.4 Å². The quantitative estimate of drug-likeness (QED) is 0.506. The molecule has 0 aromatic heterocycles. The lowest BCUT2D eigenvalue weighted by atomic mass is 10.2. The third-order valence-electron chi connectivity index (χ3n) is 4.09. The number of methoxy groups -OCH3 is 2. The molecular weight excluding hydrogens is 430 g/mol. The highest BCUT2D eigenvalue weighted by atomic mass is 32.2. The molecule has 166 valence electrons. The molecule has 8 nitrogen and oxygen atoms in total. The Morgan fingerprint density at radius 2 is 1.53 bits per heavy atom. The van der Waals surface area contributed by atoms with Crippen LogP contribution >= 0.6 is 0 Å². The number of nitrogens with zero attached hydrogens (tertiary/aromatic N) is 1. The molecule has 0 aliphatic carbocycles. The van der Waals surface area contributed by atoms with E-state index in [0.717, 1.165) is 6.26 Å². The van der Waals surface area contributed by atoms with E-state index in [4.69, 9.17) is 13.7 Å². The summed E-state index contributed by atoms with van der Waals surface area (Å²) in [4.78, 5) is 0.144. The predicted octanol–water partition coefficient (Wildman–Crippen LogP) is 2.89. The Kier molecular flexibility index (Phi) is 7.73.